The van der Waals surface area contributed by atoms with Gasteiger partial charge in [-0.2, -0.15) is 0 Å². The van der Waals surface area contributed by atoms with E-state index in [9.17, 15) is 18.4 Å². The van der Waals surface area contributed by atoms with E-state index in [2.05, 4.69) is 5.32 Å². The molecule has 0 heterocycles. The summed E-state index contributed by atoms with van der Waals surface area (Å²) in [7, 11) is 0. The van der Waals surface area contributed by atoms with Gasteiger partial charge in [0.25, 0.3) is 5.91 Å². The third-order valence-electron chi connectivity index (χ3n) is 5.52. The van der Waals surface area contributed by atoms with Crippen molar-refractivity contribution in [2.24, 2.45) is 0 Å². The maximum atomic E-state index is 14.4. The lowest BCUT2D eigenvalue weighted by Crippen LogP contribution is -2.42. The first-order valence-corrected chi connectivity index (χ1v) is 9.90. The van der Waals surface area contributed by atoms with Gasteiger partial charge >= 0.3 is 5.97 Å². The molecule has 0 spiro atoms. The molecule has 0 radical (unpaired) electrons. The molecule has 3 rings (SSSR count). The van der Waals surface area contributed by atoms with Crippen LogP contribution < -0.4 is 5.32 Å². The Kier molecular flexibility index (Phi) is 6.62. The third kappa shape index (κ3) is 4.81. The predicted octanol–water partition coefficient (Wildman–Crippen LogP) is 4.07. The number of hydrogen-bond acceptors (Lipinski definition) is 3. The van der Waals surface area contributed by atoms with E-state index < -0.39 is 29.2 Å². The number of ether oxygens (including phenoxy) is 1. The van der Waals surface area contributed by atoms with Crippen molar-refractivity contribution in [1.82, 2.24) is 5.32 Å². The third-order valence-corrected chi connectivity index (χ3v) is 5.52. The molecule has 1 atom stereocenters. The Morgan fingerprint density at radius 2 is 1.72 bits per heavy atom. The second-order valence-corrected chi connectivity index (χ2v) is 7.48. The Bertz CT molecular complexity index is 861. The van der Waals surface area contributed by atoms with Crippen molar-refractivity contribution >= 4 is 11.9 Å². The summed E-state index contributed by atoms with van der Waals surface area (Å²) < 4.78 is 32.8. The highest BCUT2D eigenvalue weighted by Gasteiger charge is 2.46. The average Bonchev–Trinajstić information content (AvgIpc) is 3.20. The number of rotatable bonds is 7. The van der Waals surface area contributed by atoms with Gasteiger partial charge in [0.2, 0.25) is 0 Å². The highest BCUT2D eigenvalue weighted by Crippen LogP contribution is 2.43. The van der Waals surface area contributed by atoms with Crippen molar-refractivity contribution in [3.63, 3.8) is 0 Å². The van der Waals surface area contributed by atoms with Crippen LogP contribution in [-0.2, 0) is 26.2 Å². The Labute approximate surface area is 169 Å². The second-order valence-electron chi connectivity index (χ2n) is 7.48. The summed E-state index contributed by atoms with van der Waals surface area (Å²) >= 11 is 0. The van der Waals surface area contributed by atoms with Crippen molar-refractivity contribution in [1.29, 1.82) is 0 Å². The van der Waals surface area contributed by atoms with Crippen molar-refractivity contribution in [3.8, 4) is 0 Å². The molecule has 1 aliphatic rings. The minimum absolute atomic E-state index is 0.311. The number of halogens is 2. The first-order chi connectivity index (χ1) is 13.9. The molecule has 0 bridgehead atoms. The molecule has 2 aromatic carbocycles. The number of esters is 1. The average molecular weight is 401 g/mol. The van der Waals surface area contributed by atoms with Crippen LogP contribution in [0.5, 0.6) is 0 Å². The summed E-state index contributed by atoms with van der Waals surface area (Å²) in [6.45, 7) is 1.85. The number of benzene rings is 2. The number of amides is 1. The van der Waals surface area contributed by atoms with Crippen LogP contribution in [0.2, 0.25) is 0 Å². The molecule has 1 N–H and O–H groups in total. The first kappa shape index (κ1) is 21.0. The summed E-state index contributed by atoms with van der Waals surface area (Å²) in [5.74, 6) is -1.71. The Hall–Kier alpha value is -2.76. The van der Waals surface area contributed by atoms with Gasteiger partial charge in [-0.25, -0.2) is 8.78 Å². The van der Waals surface area contributed by atoms with E-state index in [0.717, 1.165) is 18.4 Å². The van der Waals surface area contributed by atoms with Gasteiger partial charge in [-0.05, 0) is 49.9 Å². The van der Waals surface area contributed by atoms with Crippen LogP contribution in [0.15, 0.2) is 48.5 Å². The molecule has 4 nitrogen and oxygen atoms in total. The molecular formula is C23H25F2NO3. The molecule has 2 aromatic rings. The molecule has 0 saturated heterocycles. The van der Waals surface area contributed by atoms with Crippen LogP contribution in [0.3, 0.4) is 0 Å². The van der Waals surface area contributed by atoms with Gasteiger partial charge in [0.15, 0.2) is 6.10 Å². The zero-order valence-corrected chi connectivity index (χ0v) is 16.4. The van der Waals surface area contributed by atoms with Crippen LogP contribution in [0, 0.1) is 11.6 Å². The lowest BCUT2D eigenvalue weighted by molar-refractivity contribution is -0.160. The number of hydrogen-bond donors (Lipinski definition) is 1. The molecule has 29 heavy (non-hydrogen) atoms. The maximum absolute atomic E-state index is 14.4. The number of carbonyl (C=O) groups excluding carboxylic acids is 2. The van der Waals surface area contributed by atoms with Gasteiger partial charge in [-0.15, -0.1) is 0 Å². The molecule has 1 fully saturated rings. The van der Waals surface area contributed by atoms with E-state index in [0.29, 0.717) is 31.4 Å². The smallest absolute Gasteiger partial charge is 0.317 e. The summed E-state index contributed by atoms with van der Waals surface area (Å²) in [5, 5.41) is 2.72. The minimum atomic E-state index is -1.03. The first-order valence-electron chi connectivity index (χ1n) is 9.90. The molecule has 0 aliphatic heterocycles. The standard InChI is InChI=1S/C23H25F2NO3/c1-16(21(27)26-15-12-17-8-10-18(24)11-9-17)29-22(28)23(13-4-5-14-23)19-6-2-3-7-20(19)25/h2-3,6-11,16H,4-5,12-15H2,1H3,(H,26,27)/t16-/m1/s1. The van der Waals surface area contributed by atoms with Crippen LogP contribution in [0.1, 0.15) is 43.7 Å². The molecule has 1 amide bonds. The fraction of sp³-hybridized carbons (Fsp3) is 0.391. The molecule has 1 aliphatic carbocycles. The Morgan fingerprint density at radius 1 is 1.07 bits per heavy atom. The van der Waals surface area contributed by atoms with E-state index in [4.69, 9.17) is 4.74 Å². The molecule has 0 aromatic heterocycles. The normalized spacial score (nSPS) is 16.2. The van der Waals surface area contributed by atoms with Gasteiger partial charge in [0.05, 0.1) is 5.41 Å². The molecular weight excluding hydrogens is 376 g/mol. The second kappa shape index (κ2) is 9.16. The predicted molar refractivity (Wildman–Crippen MR) is 105 cm³/mol. The molecule has 6 heteroatoms. The fourth-order valence-electron chi connectivity index (χ4n) is 3.86. The number of nitrogens with one attached hydrogen (secondary N) is 1. The lowest BCUT2D eigenvalue weighted by Gasteiger charge is -2.29. The van der Waals surface area contributed by atoms with Gasteiger partial charge in [-0.3, -0.25) is 9.59 Å². The zero-order valence-electron chi connectivity index (χ0n) is 16.4. The van der Waals surface area contributed by atoms with Crippen molar-refractivity contribution in [2.75, 3.05) is 6.54 Å². The largest absolute Gasteiger partial charge is 0.452 e. The van der Waals surface area contributed by atoms with Crippen LogP contribution in [0.25, 0.3) is 0 Å². The highest BCUT2D eigenvalue weighted by molar-refractivity contribution is 5.88. The van der Waals surface area contributed by atoms with Gasteiger partial charge in [0.1, 0.15) is 11.6 Å². The highest BCUT2D eigenvalue weighted by atomic mass is 19.1. The van der Waals surface area contributed by atoms with Crippen molar-refractivity contribution in [3.05, 3.63) is 71.3 Å². The monoisotopic (exact) mass is 401 g/mol. The molecule has 154 valence electrons. The topological polar surface area (TPSA) is 55.4 Å². The minimum Gasteiger partial charge on any atom is -0.452 e. The SMILES string of the molecule is C[C@@H](OC(=O)C1(c2ccccc2F)CCCC1)C(=O)NCCc1ccc(F)cc1. The van der Waals surface area contributed by atoms with Gasteiger partial charge < -0.3 is 10.1 Å². The lowest BCUT2D eigenvalue weighted by atomic mass is 9.78. The summed E-state index contributed by atoms with van der Waals surface area (Å²) in [5.41, 5.74) is 0.195. The van der Waals surface area contributed by atoms with E-state index in [1.165, 1.54) is 25.1 Å². The van der Waals surface area contributed by atoms with E-state index in [1.807, 2.05) is 0 Å². The summed E-state index contributed by atoms with van der Waals surface area (Å²) in [6, 6.07) is 12.3. The Balaban J connectivity index is 1.59. The van der Waals surface area contributed by atoms with E-state index in [1.54, 1.807) is 30.3 Å². The molecule has 1 saturated carbocycles. The quantitative estimate of drug-likeness (QED) is 0.712. The van der Waals surface area contributed by atoms with Crippen molar-refractivity contribution < 1.29 is 23.1 Å². The van der Waals surface area contributed by atoms with Crippen LogP contribution in [-0.4, -0.2) is 24.5 Å². The van der Waals surface area contributed by atoms with Gasteiger partial charge in [-0.1, -0.05) is 43.2 Å². The van der Waals surface area contributed by atoms with E-state index >= 15 is 0 Å². The van der Waals surface area contributed by atoms with Gasteiger partial charge in [0, 0.05) is 12.1 Å². The maximum Gasteiger partial charge on any atom is 0.317 e. The number of carbonyl (C=O) groups is 2. The summed E-state index contributed by atoms with van der Waals surface area (Å²) in [6.07, 6.45) is 2.17. The van der Waals surface area contributed by atoms with E-state index in [-0.39, 0.29) is 5.82 Å². The van der Waals surface area contributed by atoms with Crippen molar-refractivity contribution in [2.45, 2.75) is 50.5 Å². The molecule has 0 unspecified atom stereocenters. The fourth-order valence-corrected chi connectivity index (χ4v) is 3.86. The van der Waals surface area contributed by atoms with Crippen LogP contribution >= 0.6 is 0 Å². The zero-order chi connectivity index (χ0) is 20.9. The Morgan fingerprint density at radius 3 is 2.38 bits per heavy atom. The summed E-state index contributed by atoms with van der Waals surface area (Å²) in [4.78, 5) is 25.3. The van der Waals surface area contributed by atoms with Crippen LogP contribution in [0.4, 0.5) is 8.78 Å².